The predicted octanol–water partition coefficient (Wildman–Crippen LogP) is 7.45. The second-order valence-electron chi connectivity index (χ2n) is 14.4. The first-order valence-corrected chi connectivity index (χ1v) is 18.9. The Labute approximate surface area is 321 Å². The number of hydrogen-bond donors (Lipinski definition) is 2. The summed E-state index contributed by atoms with van der Waals surface area (Å²) in [6.07, 6.45) is 8.31. The van der Waals surface area contributed by atoms with Gasteiger partial charge in [0, 0.05) is 61.3 Å². The van der Waals surface area contributed by atoms with Gasteiger partial charge in [-0.1, -0.05) is 48.4 Å². The molecule has 3 aromatic carbocycles. The van der Waals surface area contributed by atoms with Crippen molar-refractivity contribution < 1.29 is 29.2 Å². The first-order valence-electron chi connectivity index (χ1n) is 18.5. The Morgan fingerprint density at radius 3 is 2.54 bits per heavy atom. The van der Waals surface area contributed by atoms with E-state index in [1.54, 1.807) is 24.4 Å². The Balaban J connectivity index is 1.06. The number of carboxylic acid groups (broad SMARTS) is 1. The van der Waals surface area contributed by atoms with E-state index in [4.69, 9.17) is 25.8 Å². The van der Waals surface area contributed by atoms with Gasteiger partial charge >= 0.3 is 5.97 Å². The number of hydrogen-bond acceptors (Lipinski definition) is 9. The van der Waals surface area contributed by atoms with E-state index in [0.717, 1.165) is 82.6 Å². The van der Waals surface area contributed by atoms with Crippen molar-refractivity contribution >= 4 is 17.6 Å². The first-order chi connectivity index (χ1) is 26.2. The third-order valence-electron chi connectivity index (χ3n) is 10.8. The standard InChI is InChI=1S/C43H45ClN4O6/c1-27-31(8-5-9-33(27)34-10-6-12-39(28(34)2)52-15-7-13-47-23-35-36(24-47)42(35)49)26-54-41-18-40(53-25-30-16-29(19-45)20-46-21-30)32(17-37(41)44)22-48-14-4-3-11-38(48)43(50)51/h5-6,8-10,12,16-18,20-21,23,36,38,42,49H,3-4,7,11,13-15,22,24-26H2,1-2H3,(H,50,51)/t36-,38+,42?/m1/s1. The van der Waals surface area contributed by atoms with Crippen LogP contribution >= 0.6 is 11.6 Å². The van der Waals surface area contributed by atoms with Crippen molar-refractivity contribution in [3.63, 3.8) is 0 Å². The molecule has 0 bridgehead atoms. The zero-order valence-electron chi connectivity index (χ0n) is 30.6. The molecule has 280 valence electrons. The van der Waals surface area contributed by atoms with Crippen LogP contribution in [0.2, 0.25) is 5.02 Å². The Bertz CT molecular complexity index is 2100. The highest BCUT2D eigenvalue weighted by Crippen LogP contribution is 2.44. The summed E-state index contributed by atoms with van der Waals surface area (Å²) >= 11 is 6.86. The van der Waals surface area contributed by atoms with Crippen LogP contribution in [0.25, 0.3) is 11.1 Å². The number of halogens is 1. The largest absolute Gasteiger partial charge is 0.493 e. The smallest absolute Gasteiger partial charge is 0.320 e. The molecule has 4 aromatic rings. The first kappa shape index (κ1) is 37.2. The van der Waals surface area contributed by atoms with Gasteiger partial charge in [-0.2, -0.15) is 5.26 Å². The Hall–Kier alpha value is -5.08. The van der Waals surface area contributed by atoms with Gasteiger partial charge in [0.1, 0.15) is 42.6 Å². The van der Waals surface area contributed by atoms with Gasteiger partial charge < -0.3 is 29.3 Å². The third kappa shape index (κ3) is 8.34. The molecular weight excluding hydrogens is 704 g/mol. The fourth-order valence-electron chi connectivity index (χ4n) is 7.58. The number of carboxylic acids is 1. The lowest BCUT2D eigenvalue weighted by Gasteiger charge is -2.33. The highest BCUT2D eigenvalue weighted by Gasteiger charge is 2.47. The average molecular weight is 749 g/mol. The highest BCUT2D eigenvalue weighted by molar-refractivity contribution is 6.32. The van der Waals surface area contributed by atoms with Gasteiger partial charge in [-0.3, -0.25) is 14.7 Å². The fourth-order valence-corrected chi connectivity index (χ4v) is 7.82. The Kier molecular flexibility index (Phi) is 11.4. The van der Waals surface area contributed by atoms with Crippen LogP contribution in [0.5, 0.6) is 17.2 Å². The summed E-state index contributed by atoms with van der Waals surface area (Å²) in [5.74, 6) is 1.34. The van der Waals surface area contributed by atoms with Crippen molar-refractivity contribution in [1.82, 2.24) is 14.8 Å². The van der Waals surface area contributed by atoms with Crippen LogP contribution in [-0.2, 0) is 24.6 Å². The van der Waals surface area contributed by atoms with E-state index in [1.165, 1.54) is 6.20 Å². The lowest BCUT2D eigenvalue weighted by atomic mass is 9.93. The van der Waals surface area contributed by atoms with Gasteiger partial charge in [-0.15, -0.1) is 0 Å². The molecular formula is C43H45ClN4O6. The van der Waals surface area contributed by atoms with Crippen LogP contribution in [-0.4, -0.2) is 69.4 Å². The van der Waals surface area contributed by atoms with E-state index in [-0.39, 0.29) is 19.3 Å². The molecule has 3 atom stereocenters. The summed E-state index contributed by atoms with van der Waals surface area (Å²) in [7, 11) is 0. The summed E-state index contributed by atoms with van der Waals surface area (Å²) in [5.41, 5.74) is 8.42. The number of rotatable bonds is 15. The van der Waals surface area contributed by atoms with Crippen molar-refractivity contribution in [2.45, 2.75) is 71.4 Å². The average Bonchev–Trinajstić information content (AvgIpc) is 3.54. The van der Waals surface area contributed by atoms with Crippen LogP contribution < -0.4 is 14.2 Å². The van der Waals surface area contributed by atoms with E-state index in [2.05, 4.69) is 48.1 Å². The van der Waals surface area contributed by atoms with Crippen molar-refractivity contribution in [3.8, 4) is 34.4 Å². The molecule has 1 unspecified atom stereocenters. The molecule has 54 heavy (non-hydrogen) atoms. The monoisotopic (exact) mass is 748 g/mol. The predicted molar refractivity (Wildman–Crippen MR) is 205 cm³/mol. The topological polar surface area (TPSA) is 128 Å². The van der Waals surface area contributed by atoms with Gasteiger partial charge in [0.25, 0.3) is 0 Å². The van der Waals surface area contributed by atoms with Gasteiger partial charge in [-0.05, 0) is 91.2 Å². The zero-order chi connectivity index (χ0) is 37.8. The molecule has 2 N–H and O–H groups in total. The normalized spacial score (nSPS) is 19.1. The second kappa shape index (κ2) is 16.5. The Morgan fingerprint density at radius 1 is 0.963 bits per heavy atom. The SMILES string of the molecule is Cc1c(COc2cc(OCc3cncc(C#N)c3)c(CN3CCCC[C@H]3C(=O)O)cc2Cl)cccc1-c1cccc(OCCCN2C=C3C(O)[C@@H]3C2)c1C. The molecule has 2 aliphatic heterocycles. The van der Waals surface area contributed by atoms with Gasteiger partial charge in [-0.25, -0.2) is 0 Å². The van der Waals surface area contributed by atoms with Crippen LogP contribution in [0.1, 0.15) is 59.1 Å². The maximum atomic E-state index is 12.1. The van der Waals surface area contributed by atoms with E-state index >= 15 is 0 Å². The number of ether oxygens (including phenoxy) is 3. The van der Waals surface area contributed by atoms with Crippen LogP contribution in [0, 0.1) is 31.1 Å². The summed E-state index contributed by atoms with van der Waals surface area (Å²) in [6.45, 7) is 8.03. The molecule has 11 heteroatoms. The number of piperidine rings is 1. The molecule has 3 heterocycles. The summed E-state index contributed by atoms with van der Waals surface area (Å²) in [4.78, 5) is 20.5. The minimum absolute atomic E-state index is 0.157. The molecule has 1 aromatic heterocycles. The summed E-state index contributed by atoms with van der Waals surface area (Å²) in [5, 5.41) is 29.4. The number of pyridine rings is 1. The molecule has 7 rings (SSSR count). The molecule has 0 radical (unpaired) electrons. The van der Waals surface area contributed by atoms with Crippen molar-refractivity contribution in [2.24, 2.45) is 5.92 Å². The van der Waals surface area contributed by atoms with Crippen molar-refractivity contribution in [2.75, 3.05) is 26.2 Å². The molecule has 0 spiro atoms. The number of aromatic nitrogens is 1. The van der Waals surface area contributed by atoms with Crippen LogP contribution in [0.3, 0.4) is 0 Å². The number of carbonyl (C=O) groups is 1. The number of likely N-dealkylation sites (tertiary alicyclic amines) is 1. The summed E-state index contributed by atoms with van der Waals surface area (Å²) < 4.78 is 19.0. The fraction of sp³-hybridized carbons (Fsp3) is 0.372. The number of aliphatic hydroxyl groups is 1. The summed E-state index contributed by atoms with van der Waals surface area (Å²) in [6, 6.07) is 19.2. The number of nitriles is 1. The maximum absolute atomic E-state index is 12.1. The van der Waals surface area contributed by atoms with Crippen LogP contribution in [0.4, 0.5) is 0 Å². The molecule has 1 saturated carbocycles. The maximum Gasteiger partial charge on any atom is 0.320 e. The minimum atomic E-state index is -0.834. The molecule has 1 aliphatic carbocycles. The van der Waals surface area contributed by atoms with Gasteiger partial charge in [0.15, 0.2) is 0 Å². The number of nitrogens with zero attached hydrogens (tertiary/aromatic N) is 4. The minimum Gasteiger partial charge on any atom is -0.493 e. The molecule has 10 nitrogen and oxygen atoms in total. The number of fused-ring (bicyclic) bond motifs is 1. The zero-order valence-corrected chi connectivity index (χ0v) is 31.4. The molecule has 2 fully saturated rings. The highest BCUT2D eigenvalue weighted by atomic mass is 35.5. The van der Waals surface area contributed by atoms with E-state index in [9.17, 15) is 20.3 Å². The second-order valence-corrected chi connectivity index (χ2v) is 14.8. The number of aliphatic hydroxyl groups excluding tert-OH is 1. The molecule has 3 aliphatic rings. The third-order valence-corrected chi connectivity index (χ3v) is 11.1. The van der Waals surface area contributed by atoms with Crippen molar-refractivity contribution in [3.05, 3.63) is 117 Å². The van der Waals surface area contributed by atoms with E-state index in [0.29, 0.717) is 54.1 Å². The van der Waals surface area contributed by atoms with E-state index < -0.39 is 12.0 Å². The lowest BCUT2D eigenvalue weighted by molar-refractivity contribution is -0.144. The van der Waals surface area contributed by atoms with E-state index in [1.807, 2.05) is 29.2 Å². The lowest BCUT2D eigenvalue weighted by Crippen LogP contribution is -2.44. The van der Waals surface area contributed by atoms with Gasteiger partial charge in [0.05, 0.1) is 23.3 Å². The number of aliphatic carboxylic acids is 1. The quantitative estimate of drug-likeness (QED) is 0.118. The van der Waals surface area contributed by atoms with Gasteiger partial charge in [0.2, 0.25) is 0 Å². The molecule has 0 amide bonds. The Morgan fingerprint density at radius 2 is 1.76 bits per heavy atom. The number of benzene rings is 3. The van der Waals surface area contributed by atoms with Crippen molar-refractivity contribution in [1.29, 1.82) is 5.26 Å². The molecule has 1 saturated heterocycles. The van der Waals surface area contributed by atoms with Crippen LogP contribution in [0.15, 0.2) is 78.8 Å².